The fourth-order valence-electron chi connectivity index (χ4n) is 1.65. The van der Waals surface area contributed by atoms with Gasteiger partial charge in [-0.15, -0.1) is 0 Å². The van der Waals surface area contributed by atoms with Crippen molar-refractivity contribution in [3.05, 3.63) is 30.5 Å². The third-order valence-corrected chi connectivity index (χ3v) is 2.49. The van der Waals surface area contributed by atoms with Gasteiger partial charge in [0, 0.05) is 18.1 Å². The maximum Gasteiger partial charge on any atom is 0.0954 e. The highest BCUT2D eigenvalue weighted by molar-refractivity contribution is 5.96. The van der Waals surface area contributed by atoms with Gasteiger partial charge in [-0.3, -0.25) is 4.98 Å². The van der Waals surface area contributed by atoms with Crippen molar-refractivity contribution in [2.75, 3.05) is 17.6 Å². The molecule has 1 aromatic heterocycles. The standard InChI is InChI=1S/C13H17N3/c1-9(2)8-16-13-11(14)6-5-10-4-3-7-15-12(10)13/h3-7,9,16H,8,14H2,1-2H3. The summed E-state index contributed by atoms with van der Waals surface area (Å²) < 4.78 is 0. The van der Waals surface area contributed by atoms with Crippen LogP contribution in [-0.4, -0.2) is 11.5 Å². The summed E-state index contributed by atoms with van der Waals surface area (Å²) in [5.41, 5.74) is 8.62. The van der Waals surface area contributed by atoms with Gasteiger partial charge in [0.25, 0.3) is 0 Å². The average molecular weight is 215 g/mol. The number of nitrogen functional groups attached to an aromatic ring is 1. The molecule has 16 heavy (non-hydrogen) atoms. The highest BCUT2D eigenvalue weighted by atomic mass is 14.9. The molecule has 84 valence electrons. The molecule has 2 rings (SSSR count). The minimum absolute atomic E-state index is 0.582. The van der Waals surface area contributed by atoms with Gasteiger partial charge in [-0.2, -0.15) is 0 Å². The second kappa shape index (κ2) is 4.39. The number of nitrogens with one attached hydrogen (secondary N) is 1. The Morgan fingerprint density at radius 1 is 1.31 bits per heavy atom. The van der Waals surface area contributed by atoms with Crippen molar-refractivity contribution in [2.24, 2.45) is 5.92 Å². The lowest BCUT2D eigenvalue weighted by molar-refractivity contribution is 0.689. The molecule has 0 unspecified atom stereocenters. The lowest BCUT2D eigenvalue weighted by atomic mass is 10.1. The van der Waals surface area contributed by atoms with E-state index in [0.29, 0.717) is 5.92 Å². The van der Waals surface area contributed by atoms with Crippen molar-refractivity contribution in [3.8, 4) is 0 Å². The van der Waals surface area contributed by atoms with Crippen molar-refractivity contribution in [1.29, 1.82) is 0 Å². The van der Waals surface area contributed by atoms with Gasteiger partial charge in [0.2, 0.25) is 0 Å². The summed E-state index contributed by atoms with van der Waals surface area (Å²) in [4.78, 5) is 4.38. The maximum atomic E-state index is 5.97. The van der Waals surface area contributed by atoms with Gasteiger partial charge in [-0.05, 0) is 18.1 Å². The van der Waals surface area contributed by atoms with Crippen LogP contribution in [0.3, 0.4) is 0 Å². The second-order valence-corrected chi connectivity index (χ2v) is 4.38. The maximum absolute atomic E-state index is 5.97. The Kier molecular flexibility index (Phi) is 2.95. The third kappa shape index (κ3) is 2.08. The highest BCUT2D eigenvalue weighted by Gasteiger charge is 2.06. The number of pyridine rings is 1. The predicted molar refractivity (Wildman–Crippen MR) is 69.5 cm³/mol. The molecule has 0 spiro atoms. The fourth-order valence-corrected chi connectivity index (χ4v) is 1.65. The number of anilines is 2. The molecule has 0 saturated carbocycles. The first-order valence-electron chi connectivity index (χ1n) is 5.55. The van der Waals surface area contributed by atoms with E-state index in [1.807, 2.05) is 24.3 Å². The SMILES string of the molecule is CC(C)CNc1c(N)ccc2cccnc12. The molecule has 3 heteroatoms. The normalized spacial score (nSPS) is 10.9. The highest BCUT2D eigenvalue weighted by Crippen LogP contribution is 2.27. The number of nitrogens with zero attached hydrogens (tertiary/aromatic N) is 1. The molecule has 0 aliphatic carbocycles. The molecule has 0 aliphatic heterocycles. The largest absolute Gasteiger partial charge is 0.397 e. The van der Waals surface area contributed by atoms with Crippen LogP contribution in [0.4, 0.5) is 11.4 Å². The van der Waals surface area contributed by atoms with Crippen molar-refractivity contribution >= 4 is 22.3 Å². The number of nitrogens with two attached hydrogens (primary N) is 1. The van der Waals surface area contributed by atoms with Gasteiger partial charge in [-0.1, -0.05) is 26.0 Å². The van der Waals surface area contributed by atoms with E-state index in [4.69, 9.17) is 5.73 Å². The molecule has 0 bridgehead atoms. The van der Waals surface area contributed by atoms with E-state index in [1.54, 1.807) is 6.20 Å². The van der Waals surface area contributed by atoms with Gasteiger partial charge in [0.05, 0.1) is 16.9 Å². The molecule has 3 nitrogen and oxygen atoms in total. The Morgan fingerprint density at radius 3 is 2.88 bits per heavy atom. The zero-order chi connectivity index (χ0) is 11.5. The topological polar surface area (TPSA) is 50.9 Å². The van der Waals surface area contributed by atoms with E-state index >= 15 is 0 Å². The molecule has 0 saturated heterocycles. The fraction of sp³-hybridized carbons (Fsp3) is 0.308. The number of hydrogen-bond acceptors (Lipinski definition) is 3. The number of hydrogen-bond donors (Lipinski definition) is 2. The van der Waals surface area contributed by atoms with E-state index in [9.17, 15) is 0 Å². The molecule has 0 atom stereocenters. The Balaban J connectivity index is 2.44. The average Bonchev–Trinajstić information content (AvgIpc) is 2.27. The molecule has 1 heterocycles. The monoisotopic (exact) mass is 215 g/mol. The number of benzene rings is 1. The number of fused-ring (bicyclic) bond motifs is 1. The summed E-state index contributed by atoms with van der Waals surface area (Å²) in [5, 5.41) is 4.48. The first kappa shape index (κ1) is 10.7. The molecule has 0 fully saturated rings. The summed E-state index contributed by atoms with van der Waals surface area (Å²) in [6.07, 6.45) is 1.79. The molecular formula is C13H17N3. The van der Waals surface area contributed by atoms with Crippen molar-refractivity contribution in [3.63, 3.8) is 0 Å². The molecule has 2 aromatic rings. The predicted octanol–water partition coefficient (Wildman–Crippen LogP) is 2.88. The van der Waals surface area contributed by atoms with Crippen LogP contribution in [0.2, 0.25) is 0 Å². The van der Waals surface area contributed by atoms with Crippen LogP contribution in [0.25, 0.3) is 10.9 Å². The lowest BCUT2D eigenvalue weighted by Crippen LogP contribution is -2.10. The van der Waals surface area contributed by atoms with Crippen molar-refractivity contribution < 1.29 is 0 Å². The Bertz CT molecular complexity index is 492. The Morgan fingerprint density at radius 2 is 2.12 bits per heavy atom. The summed E-state index contributed by atoms with van der Waals surface area (Å²) in [6, 6.07) is 7.90. The smallest absolute Gasteiger partial charge is 0.0954 e. The van der Waals surface area contributed by atoms with Crippen LogP contribution in [0.5, 0.6) is 0 Å². The molecule has 0 amide bonds. The van der Waals surface area contributed by atoms with Crippen LogP contribution in [0, 0.1) is 5.92 Å². The summed E-state index contributed by atoms with van der Waals surface area (Å²) in [7, 11) is 0. The molecular weight excluding hydrogens is 198 g/mol. The zero-order valence-corrected chi connectivity index (χ0v) is 9.70. The van der Waals surface area contributed by atoms with Gasteiger partial charge >= 0.3 is 0 Å². The molecule has 0 aliphatic rings. The van der Waals surface area contributed by atoms with Crippen LogP contribution in [-0.2, 0) is 0 Å². The van der Waals surface area contributed by atoms with E-state index in [0.717, 1.165) is 28.8 Å². The zero-order valence-electron chi connectivity index (χ0n) is 9.70. The minimum atomic E-state index is 0.582. The molecule has 3 N–H and O–H groups in total. The van der Waals surface area contributed by atoms with Gasteiger partial charge in [-0.25, -0.2) is 0 Å². The summed E-state index contributed by atoms with van der Waals surface area (Å²) >= 11 is 0. The second-order valence-electron chi connectivity index (χ2n) is 4.38. The van der Waals surface area contributed by atoms with Crippen LogP contribution >= 0.6 is 0 Å². The summed E-state index contributed by atoms with van der Waals surface area (Å²) in [6.45, 7) is 5.24. The van der Waals surface area contributed by atoms with E-state index in [1.165, 1.54) is 0 Å². The third-order valence-electron chi connectivity index (χ3n) is 2.49. The van der Waals surface area contributed by atoms with Crippen molar-refractivity contribution in [1.82, 2.24) is 4.98 Å². The van der Waals surface area contributed by atoms with Crippen LogP contribution in [0.1, 0.15) is 13.8 Å². The van der Waals surface area contributed by atoms with E-state index < -0.39 is 0 Å². The molecule has 1 aromatic carbocycles. The van der Waals surface area contributed by atoms with Gasteiger partial charge in [0.15, 0.2) is 0 Å². The number of rotatable bonds is 3. The first-order valence-corrected chi connectivity index (χ1v) is 5.55. The molecule has 0 radical (unpaired) electrons. The quantitative estimate of drug-likeness (QED) is 0.774. The minimum Gasteiger partial charge on any atom is -0.397 e. The lowest BCUT2D eigenvalue weighted by Gasteiger charge is -2.13. The van der Waals surface area contributed by atoms with Crippen LogP contribution in [0.15, 0.2) is 30.5 Å². The van der Waals surface area contributed by atoms with Crippen molar-refractivity contribution in [2.45, 2.75) is 13.8 Å². The van der Waals surface area contributed by atoms with Gasteiger partial charge in [0.1, 0.15) is 0 Å². The van der Waals surface area contributed by atoms with Gasteiger partial charge < -0.3 is 11.1 Å². The van der Waals surface area contributed by atoms with Crippen LogP contribution < -0.4 is 11.1 Å². The Hall–Kier alpha value is -1.77. The van der Waals surface area contributed by atoms with E-state index in [-0.39, 0.29) is 0 Å². The van der Waals surface area contributed by atoms with E-state index in [2.05, 4.69) is 24.1 Å². The first-order chi connectivity index (χ1) is 7.68. The Labute approximate surface area is 95.7 Å². The summed E-state index contributed by atoms with van der Waals surface area (Å²) in [5.74, 6) is 0.582. The number of aromatic nitrogens is 1.